The summed E-state index contributed by atoms with van der Waals surface area (Å²) in [6.45, 7) is 8.23. The lowest BCUT2D eigenvalue weighted by Gasteiger charge is -2.10. The second-order valence-electron chi connectivity index (χ2n) is 5.43. The molecule has 2 aromatic heterocycles. The zero-order chi connectivity index (χ0) is 19.1. The van der Waals surface area contributed by atoms with Crippen molar-refractivity contribution < 1.29 is 4.57 Å². The molecule has 0 bridgehead atoms. The van der Waals surface area contributed by atoms with E-state index in [4.69, 9.17) is 0 Å². The van der Waals surface area contributed by atoms with Crippen molar-refractivity contribution in [3.63, 3.8) is 0 Å². The van der Waals surface area contributed by atoms with Crippen LogP contribution in [0.3, 0.4) is 0 Å². The fourth-order valence-electron chi connectivity index (χ4n) is 2.56. The largest absolute Gasteiger partial charge is 0.357 e. The Morgan fingerprint density at radius 1 is 1.19 bits per heavy atom. The van der Waals surface area contributed by atoms with Gasteiger partial charge in [0.15, 0.2) is 5.65 Å². The third-order valence-electron chi connectivity index (χ3n) is 3.59. The molecule has 3 aromatic rings. The van der Waals surface area contributed by atoms with E-state index in [1.54, 1.807) is 18.9 Å². The van der Waals surface area contributed by atoms with Crippen molar-refractivity contribution in [3.8, 4) is 11.1 Å². The number of anilines is 1. The number of hydrogen-bond donors (Lipinski definition) is 1. The van der Waals surface area contributed by atoms with Gasteiger partial charge in [0, 0.05) is 23.7 Å². The first-order chi connectivity index (χ1) is 12.6. The van der Waals surface area contributed by atoms with Crippen LogP contribution >= 0.6 is 7.80 Å². The number of nitrogens with zero attached hydrogens (tertiary/aromatic N) is 3. The van der Waals surface area contributed by atoms with E-state index in [0.29, 0.717) is 23.7 Å². The van der Waals surface area contributed by atoms with Crippen LogP contribution < -0.4 is 10.9 Å². The molecule has 0 aliphatic rings. The predicted molar refractivity (Wildman–Crippen MR) is 108 cm³/mol. The van der Waals surface area contributed by atoms with Crippen molar-refractivity contribution in [3.05, 3.63) is 52.9 Å². The van der Waals surface area contributed by atoms with E-state index < -0.39 is 7.80 Å². The molecule has 2 heterocycles. The first kappa shape index (κ1) is 19.7. The smallest absolute Gasteiger partial charge is 0.354 e. The second kappa shape index (κ2) is 9.20. The summed E-state index contributed by atoms with van der Waals surface area (Å²) in [5.41, 5.74) is 1.68. The molecule has 0 amide bonds. The summed E-state index contributed by atoms with van der Waals surface area (Å²) in [5.74, 6) is 0.456. The molecule has 0 saturated heterocycles. The molecular weight excluding hydrogens is 347 g/mol. The molecule has 0 fully saturated rings. The monoisotopic (exact) mass is 371 g/mol. The second-order valence-corrected chi connectivity index (χ2v) is 6.97. The summed E-state index contributed by atoms with van der Waals surface area (Å²) in [6, 6.07) is 11.2. The molecular formula is C19H24N4O2P+. The minimum atomic E-state index is -1.53. The number of fused-ring (bicyclic) bond motifs is 1. The fourth-order valence-corrected chi connectivity index (χ4v) is 3.22. The zero-order valence-corrected chi connectivity index (χ0v) is 16.5. The lowest BCUT2D eigenvalue weighted by atomic mass is 10.1. The van der Waals surface area contributed by atoms with Crippen molar-refractivity contribution in [1.82, 2.24) is 14.5 Å². The topological polar surface area (TPSA) is 76.9 Å². The van der Waals surface area contributed by atoms with Gasteiger partial charge in [-0.1, -0.05) is 48.7 Å². The molecule has 0 aliphatic carbocycles. The summed E-state index contributed by atoms with van der Waals surface area (Å²) in [7, 11) is -1.53. The fraction of sp³-hybridized carbons (Fsp3) is 0.316. The number of benzene rings is 1. The Hall–Kier alpha value is -2.59. The summed E-state index contributed by atoms with van der Waals surface area (Å²) >= 11 is 0. The summed E-state index contributed by atoms with van der Waals surface area (Å²) < 4.78 is 13.3. The first-order valence-corrected chi connectivity index (χ1v) is 10.6. The highest BCUT2D eigenvalue weighted by Crippen LogP contribution is 2.24. The molecule has 0 spiro atoms. The normalized spacial score (nSPS) is 10.8. The molecule has 7 heteroatoms. The van der Waals surface area contributed by atoms with Crippen LogP contribution in [0.5, 0.6) is 0 Å². The van der Waals surface area contributed by atoms with Crippen LogP contribution in [-0.4, -0.2) is 27.7 Å². The molecule has 1 atom stereocenters. The van der Waals surface area contributed by atoms with Gasteiger partial charge in [-0.15, -0.1) is 0 Å². The molecule has 0 radical (unpaired) electrons. The molecule has 1 aromatic carbocycles. The van der Waals surface area contributed by atoms with Crippen LogP contribution in [0.1, 0.15) is 20.8 Å². The van der Waals surface area contributed by atoms with Crippen LogP contribution in [0.25, 0.3) is 22.2 Å². The lowest BCUT2D eigenvalue weighted by Crippen LogP contribution is -2.22. The minimum Gasteiger partial charge on any atom is -0.354 e. The van der Waals surface area contributed by atoms with Gasteiger partial charge in [0.1, 0.15) is 6.66 Å². The maximum Gasteiger partial charge on any atom is 0.357 e. The zero-order valence-electron chi connectivity index (χ0n) is 15.6. The number of nitrogens with one attached hydrogen (secondary N) is 1. The Morgan fingerprint density at radius 2 is 1.88 bits per heavy atom. The van der Waals surface area contributed by atoms with Crippen LogP contribution in [0.4, 0.5) is 5.95 Å². The third-order valence-corrected chi connectivity index (χ3v) is 4.27. The molecule has 0 saturated carbocycles. The Labute approximate surface area is 154 Å². The van der Waals surface area contributed by atoms with E-state index in [1.807, 2.05) is 51.1 Å². The van der Waals surface area contributed by atoms with Crippen molar-refractivity contribution in [1.29, 1.82) is 0 Å². The van der Waals surface area contributed by atoms with Gasteiger partial charge in [-0.25, -0.2) is 9.55 Å². The van der Waals surface area contributed by atoms with E-state index in [2.05, 4.69) is 15.3 Å². The number of rotatable bonds is 5. The van der Waals surface area contributed by atoms with Gasteiger partial charge in [-0.2, -0.15) is 4.98 Å². The molecule has 1 unspecified atom stereocenters. The minimum absolute atomic E-state index is 0.133. The molecule has 26 heavy (non-hydrogen) atoms. The SMILES string of the molecule is CC.CCNc1ncc2cc(-c3ccccc3)c(=O)n(C[P+](C)=O)c2n1. The van der Waals surface area contributed by atoms with Crippen molar-refractivity contribution >= 4 is 24.8 Å². The highest BCUT2D eigenvalue weighted by atomic mass is 31.1. The quantitative estimate of drug-likeness (QED) is 0.676. The van der Waals surface area contributed by atoms with Gasteiger partial charge in [-0.3, -0.25) is 4.79 Å². The van der Waals surface area contributed by atoms with Crippen molar-refractivity contribution in [2.45, 2.75) is 27.1 Å². The van der Waals surface area contributed by atoms with Gasteiger partial charge in [0.05, 0.1) is 0 Å². The van der Waals surface area contributed by atoms with E-state index in [-0.39, 0.29) is 11.8 Å². The third kappa shape index (κ3) is 4.33. The average molecular weight is 371 g/mol. The van der Waals surface area contributed by atoms with E-state index in [9.17, 15) is 9.36 Å². The van der Waals surface area contributed by atoms with Crippen LogP contribution in [0.2, 0.25) is 0 Å². The molecule has 3 rings (SSSR count). The first-order valence-electron chi connectivity index (χ1n) is 8.68. The molecule has 0 aliphatic heterocycles. The van der Waals surface area contributed by atoms with Crippen molar-refractivity contribution in [2.75, 3.05) is 18.5 Å². The van der Waals surface area contributed by atoms with Gasteiger partial charge in [0.2, 0.25) is 12.2 Å². The standard InChI is InChI=1S/C17H17N4O2P.C2H6/c1-3-18-17-19-10-13-9-14(12-7-5-4-6-8-12)16(22)21(11-24(2)23)15(13)20-17;1-2/h4-10H,3,11H2,1-2H3;1-2H3/p+1. The summed E-state index contributed by atoms with van der Waals surface area (Å²) in [4.78, 5) is 21.6. The van der Waals surface area contributed by atoms with Gasteiger partial charge in [-0.05, 0) is 18.6 Å². The maximum absolute atomic E-state index is 12.9. The Morgan fingerprint density at radius 3 is 2.50 bits per heavy atom. The Bertz CT molecular complexity index is 955. The van der Waals surface area contributed by atoms with E-state index in [0.717, 1.165) is 10.9 Å². The number of pyridine rings is 1. The van der Waals surface area contributed by atoms with Gasteiger partial charge in [0.25, 0.3) is 5.56 Å². The highest BCUT2D eigenvalue weighted by molar-refractivity contribution is 7.42. The Balaban J connectivity index is 0.00000117. The van der Waals surface area contributed by atoms with E-state index in [1.165, 1.54) is 4.57 Å². The van der Waals surface area contributed by atoms with Gasteiger partial charge < -0.3 is 5.32 Å². The van der Waals surface area contributed by atoms with Crippen LogP contribution in [0.15, 0.2) is 47.4 Å². The number of hydrogen-bond acceptors (Lipinski definition) is 5. The lowest BCUT2D eigenvalue weighted by molar-refractivity contribution is 0.584. The van der Waals surface area contributed by atoms with E-state index >= 15 is 0 Å². The molecule has 6 nitrogen and oxygen atoms in total. The molecule has 136 valence electrons. The van der Waals surface area contributed by atoms with Crippen LogP contribution in [-0.2, 0) is 10.9 Å². The van der Waals surface area contributed by atoms with Crippen LogP contribution in [0, 0.1) is 0 Å². The predicted octanol–water partition coefficient (Wildman–Crippen LogP) is 4.33. The average Bonchev–Trinajstić information content (AvgIpc) is 2.66. The summed E-state index contributed by atoms with van der Waals surface area (Å²) in [6.07, 6.45) is 1.82. The Kier molecular flexibility index (Phi) is 6.98. The maximum atomic E-state index is 12.9. The van der Waals surface area contributed by atoms with Gasteiger partial charge >= 0.3 is 7.80 Å². The highest BCUT2D eigenvalue weighted by Gasteiger charge is 2.18. The summed E-state index contributed by atoms with van der Waals surface area (Å²) in [5, 5.41) is 3.78. The molecule has 1 N–H and O–H groups in total. The van der Waals surface area contributed by atoms with Crippen molar-refractivity contribution in [2.24, 2.45) is 0 Å². The number of aromatic nitrogens is 3.